The molecule has 1 N–H and O–H groups in total. The number of carbonyl (C=O) groups excluding carboxylic acids is 1. The SMILES string of the molecule is Cc1ccc(NS(=O)(=O)c2ccc(C(=O)N3CCCN(S(C)(=O)=O)CC3)cc2)cc1C. The fraction of sp³-hybridized carbons (Fsp3) is 0.381. The normalized spacial score (nSPS) is 16.0. The largest absolute Gasteiger partial charge is 0.337 e. The van der Waals surface area contributed by atoms with Crippen LogP contribution in [-0.2, 0) is 20.0 Å². The summed E-state index contributed by atoms with van der Waals surface area (Å²) in [6.45, 7) is 5.22. The Balaban J connectivity index is 1.71. The van der Waals surface area contributed by atoms with Crippen molar-refractivity contribution < 1.29 is 21.6 Å². The third-order valence-electron chi connectivity index (χ3n) is 5.38. The minimum absolute atomic E-state index is 0.0568. The summed E-state index contributed by atoms with van der Waals surface area (Å²) in [6.07, 6.45) is 1.71. The van der Waals surface area contributed by atoms with Crippen molar-refractivity contribution in [2.24, 2.45) is 0 Å². The van der Waals surface area contributed by atoms with Gasteiger partial charge in [-0.3, -0.25) is 9.52 Å². The van der Waals surface area contributed by atoms with Crippen molar-refractivity contribution in [2.75, 3.05) is 37.2 Å². The molecule has 1 amide bonds. The van der Waals surface area contributed by atoms with Crippen molar-refractivity contribution >= 4 is 31.6 Å². The summed E-state index contributed by atoms with van der Waals surface area (Å²) in [5, 5.41) is 0. The number of nitrogens with one attached hydrogen (secondary N) is 1. The smallest absolute Gasteiger partial charge is 0.261 e. The van der Waals surface area contributed by atoms with Crippen LogP contribution >= 0.6 is 0 Å². The fourth-order valence-corrected chi connectivity index (χ4v) is 5.33. The number of hydrogen-bond donors (Lipinski definition) is 1. The average molecular weight is 466 g/mol. The summed E-state index contributed by atoms with van der Waals surface area (Å²) in [7, 11) is -7.08. The number of benzene rings is 2. The summed E-state index contributed by atoms with van der Waals surface area (Å²) >= 11 is 0. The van der Waals surface area contributed by atoms with Crippen LogP contribution < -0.4 is 4.72 Å². The molecule has 10 heteroatoms. The highest BCUT2D eigenvalue weighted by Gasteiger charge is 2.25. The number of anilines is 1. The van der Waals surface area contributed by atoms with Gasteiger partial charge in [-0.1, -0.05) is 6.07 Å². The minimum atomic E-state index is -3.79. The quantitative estimate of drug-likeness (QED) is 0.729. The average Bonchev–Trinajstić information content (AvgIpc) is 2.96. The maximum absolute atomic E-state index is 12.8. The number of hydrogen-bond acceptors (Lipinski definition) is 5. The van der Waals surface area contributed by atoms with Gasteiger partial charge in [0.15, 0.2) is 0 Å². The number of amides is 1. The van der Waals surface area contributed by atoms with Crippen LogP contribution in [0.2, 0.25) is 0 Å². The van der Waals surface area contributed by atoms with Gasteiger partial charge in [0.25, 0.3) is 15.9 Å². The molecule has 1 heterocycles. The van der Waals surface area contributed by atoms with E-state index in [2.05, 4.69) is 4.72 Å². The fourth-order valence-electron chi connectivity index (χ4n) is 3.41. The second-order valence-corrected chi connectivity index (χ2v) is 11.4. The van der Waals surface area contributed by atoms with E-state index in [9.17, 15) is 21.6 Å². The van der Waals surface area contributed by atoms with Crippen LogP contribution in [0.15, 0.2) is 47.4 Å². The number of carbonyl (C=O) groups is 1. The van der Waals surface area contributed by atoms with Crippen molar-refractivity contribution in [3.63, 3.8) is 0 Å². The van der Waals surface area contributed by atoms with Crippen molar-refractivity contribution in [3.8, 4) is 0 Å². The topological polar surface area (TPSA) is 104 Å². The van der Waals surface area contributed by atoms with E-state index in [0.29, 0.717) is 37.3 Å². The molecule has 168 valence electrons. The van der Waals surface area contributed by atoms with E-state index in [1.165, 1.54) is 28.6 Å². The van der Waals surface area contributed by atoms with Gasteiger partial charge in [0.2, 0.25) is 10.0 Å². The summed E-state index contributed by atoms with van der Waals surface area (Å²) in [6, 6.07) is 11.1. The van der Waals surface area contributed by atoms with E-state index in [0.717, 1.165) is 17.4 Å². The molecule has 0 radical (unpaired) electrons. The molecule has 0 unspecified atom stereocenters. The first kappa shape index (κ1) is 23.2. The summed E-state index contributed by atoms with van der Waals surface area (Å²) in [5.74, 6) is -0.249. The molecule has 31 heavy (non-hydrogen) atoms. The third kappa shape index (κ3) is 5.63. The van der Waals surface area contributed by atoms with Crippen molar-refractivity contribution in [1.29, 1.82) is 0 Å². The van der Waals surface area contributed by atoms with Gasteiger partial charge in [0, 0.05) is 37.4 Å². The Labute approximate surface area is 184 Å². The van der Waals surface area contributed by atoms with Gasteiger partial charge in [-0.2, -0.15) is 0 Å². The molecule has 2 aromatic carbocycles. The number of sulfonamides is 2. The van der Waals surface area contributed by atoms with E-state index < -0.39 is 20.0 Å². The molecule has 0 bridgehead atoms. The molecule has 1 fully saturated rings. The molecule has 1 saturated heterocycles. The first-order chi connectivity index (χ1) is 14.5. The van der Waals surface area contributed by atoms with E-state index in [1.54, 1.807) is 17.0 Å². The van der Waals surface area contributed by atoms with Crippen molar-refractivity contribution in [2.45, 2.75) is 25.2 Å². The molecular formula is C21H27N3O5S2. The van der Waals surface area contributed by atoms with Crippen LogP contribution in [-0.4, -0.2) is 64.4 Å². The van der Waals surface area contributed by atoms with E-state index in [-0.39, 0.29) is 17.3 Å². The van der Waals surface area contributed by atoms with Crippen molar-refractivity contribution in [1.82, 2.24) is 9.21 Å². The maximum atomic E-state index is 12.8. The second-order valence-electron chi connectivity index (χ2n) is 7.74. The highest BCUT2D eigenvalue weighted by molar-refractivity contribution is 7.92. The Morgan fingerprint density at radius 3 is 2.16 bits per heavy atom. The van der Waals surface area contributed by atoms with Crippen LogP contribution in [0, 0.1) is 13.8 Å². The predicted octanol–water partition coefficient (Wildman–Crippen LogP) is 2.21. The first-order valence-corrected chi connectivity index (χ1v) is 13.2. The third-order valence-corrected chi connectivity index (χ3v) is 8.08. The van der Waals surface area contributed by atoms with Gasteiger partial charge in [-0.05, 0) is 67.8 Å². The Bertz CT molecular complexity index is 1180. The molecule has 2 aromatic rings. The highest BCUT2D eigenvalue weighted by Crippen LogP contribution is 2.20. The Hall–Kier alpha value is -2.43. The first-order valence-electron chi connectivity index (χ1n) is 9.92. The van der Waals surface area contributed by atoms with Crippen molar-refractivity contribution in [3.05, 3.63) is 59.2 Å². The summed E-state index contributed by atoms with van der Waals surface area (Å²) in [4.78, 5) is 14.5. The molecule has 0 aromatic heterocycles. The molecule has 0 spiro atoms. The lowest BCUT2D eigenvalue weighted by molar-refractivity contribution is 0.0764. The number of aryl methyl sites for hydroxylation is 2. The molecule has 0 atom stereocenters. The zero-order valence-corrected chi connectivity index (χ0v) is 19.5. The van der Waals surface area contributed by atoms with Crippen LogP contribution in [0.5, 0.6) is 0 Å². The van der Waals surface area contributed by atoms with Gasteiger partial charge in [0.1, 0.15) is 0 Å². The van der Waals surface area contributed by atoms with Gasteiger partial charge >= 0.3 is 0 Å². The Morgan fingerprint density at radius 1 is 0.871 bits per heavy atom. The zero-order valence-electron chi connectivity index (χ0n) is 17.8. The standard InChI is InChI=1S/C21H27N3O5S2/c1-16-5-8-19(15-17(16)2)22-31(28,29)20-9-6-18(7-10-20)21(25)23-11-4-12-24(14-13-23)30(3,26)27/h5-10,15,22H,4,11-14H2,1-3H3. The van der Waals surface area contributed by atoms with E-state index in [1.807, 2.05) is 19.9 Å². The molecule has 1 aliphatic rings. The van der Waals surface area contributed by atoms with Crippen LogP contribution in [0.25, 0.3) is 0 Å². The lowest BCUT2D eigenvalue weighted by atomic mass is 10.1. The Morgan fingerprint density at radius 2 is 1.55 bits per heavy atom. The van der Waals surface area contributed by atoms with Gasteiger partial charge in [-0.15, -0.1) is 0 Å². The zero-order chi connectivity index (χ0) is 22.8. The second kappa shape index (κ2) is 8.97. The molecule has 0 aliphatic carbocycles. The monoisotopic (exact) mass is 465 g/mol. The summed E-state index contributed by atoms with van der Waals surface area (Å²) < 4.78 is 52.8. The molecular weight excluding hydrogens is 438 g/mol. The van der Waals surface area contributed by atoms with Gasteiger partial charge in [-0.25, -0.2) is 21.1 Å². The molecule has 0 saturated carbocycles. The number of nitrogens with zero attached hydrogens (tertiary/aromatic N) is 2. The lowest BCUT2D eigenvalue weighted by Gasteiger charge is -2.21. The van der Waals surface area contributed by atoms with Gasteiger partial charge < -0.3 is 4.90 Å². The van der Waals surface area contributed by atoms with E-state index >= 15 is 0 Å². The van der Waals surface area contributed by atoms with Crippen LogP contribution in [0.4, 0.5) is 5.69 Å². The van der Waals surface area contributed by atoms with E-state index in [4.69, 9.17) is 0 Å². The Kier molecular flexibility index (Phi) is 6.73. The lowest BCUT2D eigenvalue weighted by Crippen LogP contribution is -2.36. The predicted molar refractivity (Wildman–Crippen MR) is 120 cm³/mol. The van der Waals surface area contributed by atoms with Gasteiger partial charge in [0.05, 0.1) is 11.2 Å². The summed E-state index contributed by atoms with van der Waals surface area (Å²) in [5.41, 5.74) is 2.88. The van der Waals surface area contributed by atoms with Crippen LogP contribution in [0.1, 0.15) is 27.9 Å². The minimum Gasteiger partial charge on any atom is -0.337 e. The molecule has 8 nitrogen and oxygen atoms in total. The highest BCUT2D eigenvalue weighted by atomic mass is 32.2. The molecule has 3 rings (SSSR count). The maximum Gasteiger partial charge on any atom is 0.261 e. The number of rotatable bonds is 5. The van der Waals surface area contributed by atoms with Crippen LogP contribution in [0.3, 0.4) is 0 Å². The molecule has 1 aliphatic heterocycles.